The summed E-state index contributed by atoms with van der Waals surface area (Å²) in [6, 6.07) is 11.5. The van der Waals surface area contributed by atoms with Crippen molar-refractivity contribution in [3.63, 3.8) is 0 Å². The first-order chi connectivity index (χ1) is 12.0. The van der Waals surface area contributed by atoms with Gasteiger partial charge in [-0.25, -0.2) is 4.79 Å². The molecule has 0 radical (unpaired) electrons. The Bertz CT molecular complexity index is 746. The molecule has 25 heavy (non-hydrogen) atoms. The van der Waals surface area contributed by atoms with Crippen LogP contribution in [-0.2, 0) is 16.0 Å². The van der Waals surface area contributed by atoms with Crippen LogP contribution >= 0.6 is 11.6 Å². The van der Waals surface area contributed by atoms with Gasteiger partial charge in [0.1, 0.15) is 17.1 Å². The molecule has 0 fully saturated rings. The highest BCUT2D eigenvalue weighted by atomic mass is 35.5. The number of halogens is 1. The molecule has 2 N–H and O–H groups in total. The van der Waals surface area contributed by atoms with Crippen LogP contribution in [0.1, 0.15) is 15.9 Å². The topological polar surface area (TPSA) is 84.9 Å². The summed E-state index contributed by atoms with van der Waals surface area (Å²) < 4.78 is 9.95. The van der Waals surface area contributed by atoms with Crippen LogP contribution in [0.2, 0.25) is 5.02 Å². The standard InChI is InChI=1S/C18H18ClNO5/c1-24-14-5-2-12(3-6-14)8-9-20-17(22)11-25-18(23)15-7-4-13(19)10-16(15)21/h2-7,10,21H,8-9,11H2,1H3,(H,20,22). The number of carbonyl (C=O) groups excluding carboxylic acids is 2. The highest BCUT2D eigenvalue weighted by Gasteiger charge is 2.14. The molecule has 0 aliphatic carbocycles. The fraction of sp³-hybridized carbons (Fsp3) is 0.222. The van der Waals surface area contributed by atoms with E-state index in [0.29, 0.717) is 18.0 Å². The molecule has 0 saturated carbocycles. The first kappa shape index (κ1) is 18.6. The molecule has 0 aromatic heterocycles. The van der Waals surface area contributed by atoms with E-state index >= 15 is 0 Å². The molecule has 2 aromatic carbocycles. The van der Waals surface area contributed by atoms with E-state index in [0.717, 1.165) is 11.3 Å². The third-order valence-electron chi connectivity index (χ3n) is 3.41. The molecule has 2 rings (SSSR count). The number of phenolic OH excluding ortho intramolecular Hbond substituents is 1. The summed E-state index contributed by atoms with van der Waals surface area (Å²) >= 11 is 5.69. The van der Waals surface area contributed by atoms with Crippen LogP contribution in [0.4, 0.5) is 0 Å². The number of ether oxygens (including phenoxy) is 2. The predicted molar refractivity (Wildman–Crippen MR) is 93.1 cm³/mol. The molecule has 0 aliphatic rings. The normalized spacial score (nSPS) is 10.2. The summed E-state index contributed by atoms with van der Waals surface area (Å²) in [4.78, 5) is 23.5. The van der Waals surface area contributed by atoms with Gasteiger partial charge in [0.2, 0.25) is 0 Å². The molecule has 6 nitrogen and oxygen atoms in total. The van der Waals surface area contributed by atoms with Crippen LogP contribution in [0.25, 0.3) is 0 Å². The number of nitrogens with one attached hydrogen (secondary N) is 1. The summed E-state index contributed by atoms with van der Waals surface area (Å²) in [6.07, 6.45) is 0.641. The van der Waals surface area contributed by atoms with Gasteiger partial charge in [-0.3, -0.25) is 4.79 Å². The minimum absolute atomic E-state index is 0.0459. The number of esters is 1. The number of phenols is 1. The third-order valence-corrected chi connectivity index (χ3v) is 3.64. The van der Waals surface area contributed by atoms with Crippen molar-refractivity contribution in [2.24, 2.45) is 0 Å². The molecule has 1 amide bonds. The molecule has 0 aliphatic heterocycles. The van der Waals surface area contributed by atoms with Gasteiger partial charge in [0.25, 0.3) is 5.91 Å². The van der Waals surface area contributed by atoms with E-state index in [1.165, 1.54) is 18.2 Å². The van der Waals surface area contributed by atoms with Crippen molar-refractivity contribution in [2.75, 3.05) is 20.3 Å². The second-order valence-corrected chi connectivity index (χ2v) is 5.62. The molecular formula is C18H18ClNO5. The fourth-order valence-electron chi connectivity index (χ4n) is 2.08. The third kappa shape index (κ3) is 5.69. The Labute approximate surface area is 150 Å². The zero-order valence-corrected chi connectivity index (χ0v) is 14.4. The van der Waals surface area contributed by atoms with E-state index in [1.807, 2.05) is 24.3 Å². The lowest BCUT2D eigenvalue weighted by molar-refractivity contribution is -0.124. The Morgan fingerprint density at radius 1 is 1.16 bits per heavy atom. The summed E-state index contributed by atoms with van der Waals surface area (Å²) in [5.74, 6) is -0.739. The van der Waals surface area contributed by atoms with Crippen molar-refractivity contribution in [1.82, 2.24) is 5.32 Å². The Morgan fingerprint density at radius 3 is 2.52 bits per heavy atom. The van der Waals surface area contributed by atoms with E-state index in [-0.39, 0.29) is 11.3 Å². The van der Waals surface area contributed by atoms with Crippen LogP contribution in [0.3, 0.4) is 0 Å². The SMILES string of the molecule is COc1ccc(CCNC(=O)COC(=O)c2ccc(Cl)cc2O)cc1. The number of amides is 1. The zero-order valence-electron chi connectivity index (χ0n) is 13.6. The van der Waals surface area contributed by atoms with Gasteiger partial charge in [0, 0.05) is 11.6 Å². The molecule has 0 spiro atoms. The van der Waals surface area contributed by atoms with Crippen molar-refractivity contribution in [3.8, 4) is 11.5 Å². The zero-order chi connectivity index (χ0) is 18.2. The van der Waals surface area contributed by atoms with E-state index in [9.17, 15) is 14.7 Å². The van der Waals surface area contributed by atoms with Crippen molar-refractivity contribution >= 4 is 23.5 Å². The fourth-order valence-corrected chi connectivity index (χ4v) is 2.24. The van der Waals surface area contributed by atoms with Crippen LogP contribution in [0, 0.1) is 0 Å². The molecule has 132 valence electrons. The number of aromatic hydroxyl groups is 1. The molecular weight excluding hydrogens is 346 g/mol. The van der Waals surface area contributed by atoms with Gasteiger partial charge in [-0.2, -0.15) is 0 Å². The average molecular weight is 364 g/mol. The van der Waals surface area contributed by atoms with Gasteiger partial charge in [-0.05, 0) is 42.3 Å². The lowest BCUT2D eigenvalue weighted by Crippen LogP contribution is -2.30. The largest absolute Gasteiger partial charge is 0.507 e. The van der Waals surface area contributed by atoms with Crippen molar-refractivity contribution in [2.45, 2.75) is 6.42 Å². The Kier molecular flexibility index (Phi) is 6.65. The molecule has 2 aromatic rings. The maximum Gasteiger partial charge on any atom is 0.342 e. The Balaban J connectivity index is 1.73. The number of hydrogen-bond acceptors (Lipinski definition) is 5. The number of carbonyl (C=O) groups is 2. The van der Waals surface area contributed by atoms with Crippen molar-refractivity contribution in [3.05, 3.63) is 58.6 Å². The first-order valence-electron chi connectivity index (χ1n) is 7.55. The molecule has 0 heterocycles. The van der Waals surface area contributed by atoms with Gasteiger partial charge in [-0.1, -0.05) is 23.7 Å². The van der Waals surface area contributed by atoms with E-state index in [2.05, 4.69) is 5.32 Å². The van der Waals surface area contributed by atoms with Crippen molar-refractivity contribution in [1.29, 1.82) is 0 Å². The minimum Gasteiger partial charge on any atom is -0.507 e. The van der Waals surface area contributed by atoms with Crippen LogP contribution in [-0.4, -0.2) is 37.2 Å². The lowest BCUT2D eigenvalue weighted by Gasteiger charge is -2.08. The van der Waals surface area contributed by atoms with Crippen LogP contribution in [0.5, 0.6) is 11.5 Å². The van der Waals surface area contributed by atoms with Crippen LogP contribution < -0.4 is 10.1 Å². The first-order valence-corrected chi connectivity index (χ1v) is 7.92. The maximum absolute atomic E-state index is 11.8. The molecule has 0 atom stereocenters. The Morgan fingerprint density at radius 2 is 1.88 bits per heavy atom. The van der Waals surface area contributed by atoms with Gasteiger partial charge in [0.05, 0.1) is 7.11 Å². The molecule has 0 bridgehead atoms. The maximum atomic E-state index is 11.8. The molecule has 0 unspecified atom stereocenters. The summed E-state index contributed by atoms with van der Waals surface area (Å²) in [6.45, 7) is -0.0155. The summed E-state index contributed by atoms with van der Waals surface area (Å²) in [5, 5.41) is 12.6. The second-order valence-electron chi connectivity index (χ2n) is 5.19. The summed E-state index contributed by atoms with van der Waals surface area (Å²) in [5.41, 5.74) is 1.000. The highest BCUT2D eigenvalue weighted by molar-refractivity contribution is 6.30. The molecule has 0 saturated heterocycles. The number of benzene rings is 2. The van der Waals surface area contributed by atoms with Gasteiger partial charge < -0.3 is 19.9 Å². The number of methoxy groups -OCH3 is 1. The van der Waals surface area contributed by atoms with E-state index < -0.39 is 18.5 Å². The van der Waals surface area contributed by atoms with Crippen molar-refractivity contribution < 1.29 is 24.2 Å². The second kappa shape index (κ2) is 8.94. The lowest BCUT2D eigenvalue weighted by atomic mass is 10.1. The predicted octanol–water partition coefficient (Wildman–Crippen LogP) is 2.57. The number of rotatable bonds is 7. The summed E-state index contributed by atoms with van der Waals surface area (Å²) in [7, 11) is 1.60. The van der Waals surface area contributed by atoms with Gasteiger partial charge >= 0.3 is 5.97 Å². The van der Waals surface area contributed by atoms with E-state index in [4.69, 9.17) is 21.1 Å². The highest BCUT2D eigenvalue weighted by Crippen LogP contribution is 2.22. The minimum atomic E-state index is -0.792. The average Bonchev–Trinajstić information content (AvgIpc) is 2.60. The van der Waals surface area contributed by atoms with Gasteiger partial charge in [-0.15, -0.1) is 0 Å². The van der Waals surface area contributed by atoms with E-state index in [1.54, 1.807) is 7.11 Å². The van der Waals surface area contributed by atoms with Gasteiger partial charge in [0.15, 0.2) is 6.61 Å². The van der Waals surface area contributed by atoms with Crippen LogP contribution in [0.15, 0.2) is 42.5 Å². The molecule has 7 heteroatoms. The Hall–Kier alpha value is -2.73. The monoisotopic (exact) mass is 363 g/mol. The number of hydrogen-bond donors (Lipinski definition) is 2. The smallest absolute Gasteiger partial charge is 0.342 e. The quantitative estimate of drug-likeness (QED) is 0.738.